The predicted molar refractivity (Wildman–Crippen MR) is 148 cm³/mol. The number of benzene rings is 2. The highest BCUT2D eigenvalue weighted by Gasteiger charge is 2.51. The quantitative estimate of drug-likeness (QED) is 0.379. The number of carbonyl (C=O) groups is 1. The van der Waals surface area contributed by atoms with Gasteiger partial charge in [-0.15, -0.1) is 0 Å². The molecule has 1 amide bonds. The molecular weight excluding hydrogens is 514 g/mol. The second kappa shape index (κ2) is 10.3. The van der Waals surface area contributed by atoms with Gasteiger partial charge in [-0.25, -0.2) is 18.1 Å². The van der Waals surface area contributed by atoms with Crippen LogP contribution in [0.2, 0.25) is 0 Å². The minimum absolute atomic E-state index is 0.106. The minimum atomic E-state index is -3.58. The molecule has 2 N–H and O–H groups in total. The second-order valence-electron chi connectivity index (χ2n) is 10.9. The highest BCUT2D eigenvalue weighted by Crippen LogP contribution is 2.51. The Morgan fingerprint density at radius 2 is 1.82 bits per heavy atom. The van der Waals surface area contributed by atoms with Crippen LogP contribution in [0.25, 0.3) is 11.3 Å². The molecule has 2 atom stereocenters. The molecular formula is C30H33N3O5S. The van der Waals surface area contributed by atoms with Crippen molar-refractivity contribution in [3.8, 4) is 22.8 Å². The zero-order valence-corrected chi connectivity index (χ0v) is 22.8. The van der Waals surface area contributed by atoms with E-state index in [0.29, 0.717) is 41.4 Å². The topological polar surface area (TPSA) is 107 Å². The average molecular weight is 548 g/mol. The minimum Gasteiger partial charge on any atom is -0.454 e. The van der Waals surface area contributed by atoms with Crippen molar-refractivity contribution >= 4 is 21.7 Å². The second-order valence-corrected chi connectivity index (χ2v) is 12.7. The molecule has 2 fully saturated rings. The summed E-state index contributed by atoms with van der Waals surface area (Å²) >= 11 is 0. The fourth-order valence-electron chi connectivity index (χ4n) is 5.79. The van der Waals surface area contributed by atoms with Crippen molar-refractivity contribution in [3.63, 3.8) is 0 Å². The summed E-state index contributed by atoms with van der Waals surface area (Å²) in [5.41, 5.74) is 1.72. The Labute approximate surface area is 229 Å². The van der Waals surface area contributed by atoms with Gasteiger partial charge in [-0.3, -0.25) is 4.79 Å². The smallest absolute Gasteiger partial charge is 0.240 e. The highest BCUT2D eigenvalue weighted by molar-refractivity contribution is 7.89. The van der Waals surface area contributed by atoms with Gasteiger partial charge in [0.2, 0.25) is 22.7 Å². The molecule has 2 aliphatic carbocycles. The van der Waals surface area contributed by atoms with Crippen molar-refractivity contribution in [1.29, 1.82) is 0 Å². The van der Waals surface area contributed by atoms with Gasteiger partial charge in [0, 0.05) is 12.1 Å². The number of hydrogen-bond donors (Lipinski definition) is 2. The van der Waals surface area contributed by atoms with E-state index in [1.165, 1.54) is 19.3 Å². The summed E-state index contributed by atoms with van der Waals surface area (Å²) in [7, 11) is -3.58. The Morgan fingerprint density at radius 3 is 2.56 bits per heavy atom. The maximum Gasteiger partial charge on any atom is 0.240 e. The van der Waals surface area contributed by atoms with E-state index in [4.69, 9.17) is 9.47 Å². The van der Waals surface area contributed by atoms with Crippen molar-refractivity contribution < 1.29 is 22.7 Å². The van der Waals surface area contributed by atoms with Gasteiger partial charge < -0.3 is 14.8 Å². The Balaban J connectivity index is 1.11. The van der Waals surface area contributed by atoms with E-state index in [9.17, 15) is 13.2 Å². The van der Waals surface area contributed by atoms with E-state index in [-0.39, 0.29) is 17.6 Å². The van der Waals surface area contributed by atoms with Crippen LogP contribution < -0.4 is 19.5 Å². The van der Waals surface area contributed by atoms with Gasteiger partial charge in [0.15, 0.2) is 11.5 Å². The Hall–Kier alpha value is -3.43. The van der Waals surface area contributed by atoms with Crippen LogP contribution in [-0.4, -0.2) is 32.6 Å². The third-order valence-electron chi connectivity index (χ3n) is 8.41. The van der Waals surface area contributed by atoms with Gasteiger partial charge >= 0.3 is 0 Å². The monoisotopic (exact) mass is 547 g/mol. The number of pyridine rings is 1. The van der Waals surface area contributed by atoms with E-state index >= 15 is 0 Å². The number of amides is 1. The van der Waals surface area contributed by atoms with Gasteiger partial charge in [-0.2, -0.15) is 0 Å². The lowest BCUT2D eigenvalue weighted by atomic mass is 9.94. The molecule has 2 saturated carbocycles. The number of nitrogens with zero attached hydrogens (tertiary/aromatic N) is 1. The molecule has 2 heterocycles. The average Bonchev–Trinajstić information content (AvgIpc) is 3.45. The molecule has 0 bridgehead atoms. The van der Waals surface area contributed by atoms with E-state index in [1.54, 1.807) is 30.3 Å². The fourth-order valence-corrected chi connectivity index (χ4v) is 6.83. The van der Waals surface area contributed by atoms with Crippen LogP contribution in [0.15, 0.2) is 65.6 Å². The maximum atomic E-state index is 13.3. The van der Waals surface area contributed by atoms with Crippen LogP contribution in [0.3, 0.4) is 0 Å². The molecule has 2 unspecified atom stereocenters. The van der Waals surface area contributed by atoms with Gasteiger partial charge in [-0.05, 0) is 73.1 Å². The number of aromatic nitrogens is 1. The summed E-state index contributed by atoms with van der Waals surface area (Å²) in [6, 6.07) is 17.8. The van der Waals surface area contributed by atoms with Crippen LogP contribution >= 0.6 is 0 Å². The van der Waals surface area contributed by atoms with Crippen LogP contribution in [0, 0.1) is 11.8 Å². The third kappa shape index (κ3) is 5.25. The number of sulfonamides is 1. The third-order valence-corrected chi connectivity index (χ3v) is 9.88. The molecule has 3 aliphatic rings. The zero-order chi connectivity index (χ0) is 27.0. The van der Waals surface area contributed by atoms with Crippen molar-refractivity contribution in [2.75, 3.05) is 18.7 Å². The first kappa shape index (κ1) is 25.8. The zero-order valence-electron chi connectivity index (χ0n) is 22.0. The predicted octanol–water partition coefficient (Wildman–Crippen LogP) is 5.25. The summed E-state index contributed by atoms with van der Waals surface area (Å²) in [4.78, 5) is 18.1. The van der Waals surface area contributed by atoms with Crippen LogP contribution in [-0.2, 0) is 20.2 Å². The molecule has 9 heteroatoms. The van der Waals surface area contributed by atoms with Crippen molar-refractivity contribution in [2.24, 2.45) is 11.8 Å². The number of anilines is 1. The van der Waals surface area contributed by atoms with Gasteiger partial charge in [-0.1, -0.05) is 50.5 Å². The Kier molecular flexibility index (Phi) is 6.81. The molecule has 1 aromatic heterocycles. The van der Waals surface area contributed by atoms with Crippen molar-refractivity contribution in [3.05, 3.63) is 66.2 Å². The number of fused-ring (bicyclic) bond motifs is 1. The van der Waals surface area contributed by atoms with Gasteiger partial charge in [0.1, 0.15) is 5.82 Å². The molecule has 3 aromatic rings. The van der Waals surface area contributed by atoms with Crippen molar-refractivity contribution in [1.82, 2.24) is 9.71 Å². The number of nitrogens with one attached hydrogen (secondary N) is 2. The van der Waals surface area contributed by atoms with Crippen LogP contribution in [0.4, 0.5) is 5.82 Å². The standard InChI is InChI=1S/C30H33N3O5S/c1-20-4-2-5-21(20)14-17-31-39(35,36)24-11-8-22(9-12-24)25-6-3-7-28(32-25)33-29(34)30(15-16-30)23-10-13-26-27(18-23)38-19-37-26/h3,6-13,18,20-21,31H,2,4-5,14-17,19H2,1H3,(H,32,33,34). The van der Waals surface area contributed by atoms with Crippen LogP contribution in [0.1, 0.15) is 51.0 Å². The largest absolute Gasteiger partial charge is 0.454 e. The summed E-state index contributed by atoms with van der Waals surface area (Å²) in [6.07, 6.45) is 6.03. The first-order valence-electron chi connectivity index (χ1n) is 13.6. The molecule has 0 spiro atoms. The van der Waals surface area contributed by atoms with E-state index in [2.05, 4.69) is 21.9 Å². The molecule has 8 nitrogen and oxygen atoms in total. The molecule has 204 valence electrons. The number of ether oxygens (including phenoxy) is 2. The summed E-state index contributed by atoms with van der Waals surface area (Å²) in [5.74, 6) is 2.96. The molecule has 2 aromatic carbocycles. The molecule has 39 heavy (non-hydrogen) atoms. The lowest BCUT2D eigenvalue weighted by molar-refractivity contribution is -0.118. The van der Waals surface area contributed by atoms with Gasteiger partial charge in [0.05, 0.1) is 16.0 Å². The lowest BCUT2D eigenvalue weighted by Gasteiger charge is -2.16. The van der Waals surface area contributed by atoms with E-state index in [1.807, 2.05) is 30.3 Å². The highest BCUT2D eigenvalue weighted by atomic mass is 32.2. The number of rotatable bonds is 9. The molecule has 1 aliphatic heterocycles. The normalized spacial score (nSPS) is 21.1. The summed E-state index contributed by atoms with van der Waals surface area (Å²) in [6.45, 7) is 2.90. The Bertz CT molecular complexity index is 1480. The fraction of sp³-hybridized carbons (Fsp3) is 0.400. The first-order chi connectivity index (χ1) is 18.8. The SMILES string of the molecule is CC1CCCC1CCNS(=O)(=O)c1ccc(-c2cccc(NC(=O)C3(c4ccc5c(c4)OCO5)CC3)n2)cc1. The van der Waals surface area contributed by atoms with E-state index < -0.39 is 15.4 Å². The summed E-state index contributed by atoms with van der Waals surface area (Å²) in [5, 5.41) is 2.98. The van der Waals surface area contributed by atoms with Gasteiger partial charge in [0.25, 0.3) is 0 Å². The van der Waals surface area contributed by atoms with Crippen molar-refractivity contribution in [2.45, 2.75) is 55.8 Å². The number of hydrogen-bond acceptors (Lipinski definition) is 6. The molecule has 0 radical (unpaired) electrons. The molecule has 0 saturated heterocycles. The maximum absolute atomic E-state index is 13.3. The lowest BCUT2D eigenvalue weighted by Crippen LogP contribution is -2.28. The summed E-state index contributed by atoms with van der Waals surface area (Å²) < 4.78 is 39.2. The number of carbonyl (C=O) groups excluding carboxylic acids is 1. The first-order valence-corrected chi connectivity index (χ1v) is 15.1. The van der Waals surface area contributed by atoms with E-state index in [0.717, 1.165) is 30.4 Å². The Morgan fingerprint density at radius 1 is 1.03 bits per heavy atom. The molecule has 6 rings (SSSR count). The van der Waals surface area contributed by atoms with Crippen LogP contribution in [0.5, 0.6) is 11.5 Å².